The zero-order valence-corrected chi connectivity index (χ0v) is 21.3. The lowest BCUT2D eigenvalue weighted by atomic mass is 10.0. The fourth-order valence-electron chi connectivity index (χ4n) is 3.72. The van der Waals surface area contributed by atoms with E-state index in [2.05, 4.69) is 5.32 Å². The number of amides is 2. The van der Waals surface area contributed by atoms with Gasteiger partial charge in [0.25, 0.3) is 5.24 Å². The van der Waals surface area contributed by atoms with Gasteiger partial charge < -0.3 is 18.9 Å². The first-order valence-corrected chi connectivity index (χ1v) is 12.2. The molecule has 3 aromatic carbocycles. The normalized spacial score (nSPS) is 15.2. The van der Waals surface area contributed by atoms with Crippen molar-refractivity contribution in [3.05, 3.63) is 83.4 Å². The Hall–Kier alpha value is -4.24. The maximum atomic E-state index is 12.6. The average Bonchev–Trinajstić information content (AvgIpc) is 3.24. The summed E-state index contributed by atoms with van der Waals surface area (Å²) in [6.45, 7) is 0. The summed E-state index contributed by atoms with van der Waals surface area (Å²) in [7, 11) is 4.45. The molecule has 0 aromatic heterocycles. The molecule has 0 radical (unpaired) electrons. The molecule has 1 saturated heterocycles. The lowest BCUT2D eigenvalue weighted by molar-refractivity contribution is -0.133. The minimum atomic E-state index is -0.484. The van der Waals surface area contributed by atoms with Crippen molar-refractivity contribution in [2.24, 2.45) is 0 Å². The topological polar surface area (TPSA) is 100 Å². The van der Waals surface area contributed by atoms with Crippen molar-refractivity contribution in [1.82, 2.24) is 5.32 Å². The molecule has 8 nitrogen and oxygen atoms in total. The fraction of sp³-hybridized carbons (Fsp3) is 0.179. The van der Waals surface area contributed by atoms with Crippen LogP contribution in [0.1, 0.15) is 16.7 Å². The smallest absolute Gasteiger partial charge is 0.338 e. The van der Waals surface area contributed by atoms with Crippen LogP contribution in [0.2, 0.25) is 0 Å². The van der Waals surface area contributed by atoms with E-state index < -0.39 is 11.2 Å². The molecular weight excluding hydrogens is 494 g/mol. The lowest BCUT2D eigenvalue weighted by Crippen LogP contribution is -2.25. The third kappa shape index (κ3) is 6.50. The van der Waals surface area contributed by atoms with Crippen molar-refractivity contribution in [2.75, 3.05) is 21.3 Å². The van der Waals surface area contributed by atoms with Crippen LogP contribution in [-0.2, 0) is 20.7 Å². The largest absolute Gasteiger partial charge is 0.497 e. The maximum Gasteiger partial charge on any atom is 0.338 e. The number of ether oxygens (including phenoxy) is 4. The number of benzene rings is 3. The van der Waals surface area contributed by atoms with E-state index >= 15 is 0 Å². The van der Waals surface area contributed by atoms with Crippen LogP contribution in [0.25, 0.3) is 11.6 Å². The molecule has 1 aliphatic rings. The summed E-state index contributed by atoms with van der Waals surface area (Å²) in [6, 6.07) is 19.7. The van der Waals surface area contributed by atoms with E-state index in [4.69, 9.17) is 18.9 Å². The van der Waals surface area contributed by atoms with E-state index in [1.165, 1.54) is 7.11 Å². The summed E-state index contributed by atoms with van der Waals surface area (Å²) < 4.78 is 21.6. The monoisotopic (exact) mass is 519 g/mol. The third-order valence-corrected chi connectivity index (χ3v) is 6.58. The van der Waals surface area contributed by atoms with Crippen molar-refractivity contribution in [2.45, 2.75) is 11.7 Å². The minimum absolute atomic E-state index is 0.263. The van der Waals surface area contributed by atoms with Gasteiger partial charge in [0.1, 0.15) is 23.0 Å². The third-order valence-electron chi connectivity index (χ3n) is 5.60. The summed E-state index contributed by atoms with van der Waals surface area (Å²) in [4.78, 5) is 35.7. The Labute approximate surface area is 218 Å². The van der Waals surface area contributed by atoms with Gasteiger partial charge in [0.2, 0.25) is 5.91 Å². The molecule has 0 aliphatic carbocycles. The predicted octanol–water partition coefficient (Wildman–Crippen LogP) is 5.10. The number of hydrogen-bond donors (Lipinski definition) is 1. The van der Waals surface area contributed by atoms with Gasteiger partial charge in [-0.3, -0.25) is 14.9 Å². The molecule has 0 saturated carbocycles. The number of hydrogen-bond acceptors (Lipinski definition) is 8. The van der Waals surface area contributed by atoms with Gasteiger partial charge in [-0.25, -0.2) is 4.79 Å². The van der Waals surface area contributed by atoms with Crippen LogP contribution in [0.3, 0.4) is 0 Å². The van der Waals surface area contributed by atoms with Gasteiger partial charge in [-0.1, -0.05) is 36.0 Å². The number of nitrogens with one attached hydrogen (secondary N) is 1. The molecule has 1 N–H and O–H groups in total. The first kappa shape index (κ1) is 25.8. The van der Waals surface area contributed by atoms with Crippen LogP contribution in [0.5, 0.6) is 23.0 Å². The van der Waals surface area contributed by atoms with Crippen molar-refractivity contribution in [3.63, 3.8) is 0 Å². The Morgan fingerprint density at radius 3 is 1.97 bits per heavy atom. The number of thioether (sulfide) groups is 1. The average molecular weight is 520 g/mol. The second-order valence-electron chi connectivity index (χ2n) is 8.05. The molecule has 1 atom stereocenters. The van der Waals surface area contributed by atoms with Gasteiger partial charge in [-0.15, -0.1) is 0 Å². The number of imide groups is 1. The molecule has 3 aromatic rings. The number of methoxy groups -OCH3 is 3. The summed E-state index contributed by atoms with van der Waals surface area (Å²) in [5, 5.41) is 1.57. The highest BCUT2D eigenvalue weighted by atomic mass is 32.2. The molecule has 1 unspecified atom stereocenters. The van der Waals surface area contributed by atoms with Crippen molar-refractivity contribution in [3.8, 4) is 23.0 Å². The number of carbonyl (C=O) groups excluding carboxylic acids is 3. The number of carbonyl (C=O) groups is 3. The zero-order chi connectivity index (χ0) is 26.4. The predicted molar refractivity (Wildman–Crippen MR) is 141 cm³/mol. The van der Waals surface area contributed by atoms with E-state index in [1.807, 2.05) is 12.1 Å². The van der Waals surface area contributed by atoms with Crippen molar-refractivity contribution in [1.29, 1.82) is 0 Å². The minimum Gasteiger partial charge on any atom is -0.497 e. The Balaban J connectivity index is 1.49. The van der Waals surface area contributed by atoms with Gasteiger partial charge in [0.15, 0.2) is 0 Å². The molecular formula is C28H25NO7S. The molecule has 1 heterocycles. The molecule has 37 heavy (non-hydrogen) atoms. The Morgan fingerprint density at radius 1 is 0.865 bits per heavy atom. The highest BCUT2D eigenvalue weighted by Crippen LogP contribution is 2.29. The summed E-state index contributed by atoms with van der Waals surface area (Å²) >= 11 is 1.01. The second kappa shape index (κ2) is 11.7. The fourth-order valence-corrected chi connectivity index (χ4v) is 4.58. The van der Waals surface area contributed by atoms with Crippen LogP contribution < -0.4 is 19.5 Å². The number of rotatable bonds is 9. The van der Waals surface area contributed by atoms with Crippen LogP contribution in [0, 0.1) is 0 Å². The van der Waals surface area contributed by atoms with Crippen molar-refractivity contribution < 1.29 is 33.3 Å². The molecule has 4 rings (SSSR count). The van der Waals surface area contributed by atoms with Crippen LogP contribution in [-0.4, -0.2) is 43.7 Å². The molecule has 0 spiro atoms. The van der Waals surface area contributed by atoms with E-state index in [1.54, 1.807) is 74.9 Å². The number of esters is 1. The second-order valence-corrected chi connectivity index (χ2v) is 9.23. The van der Waals surface area contributed by atoms with Crippen LogP contribution in [0.15, 0.2) is 66.7 Å². The Bertz CT molecular complexity index is 1310. The molecule has 2 amide bonds. The van der Waals surface area contributed by atoms with Gasteiger partial charge in [-0.2, -0.15) is 0 Å². The Kier molecular flexibility index (Phi) is 8.15. The summed E-state index contributed by atoms with van der Waals surface area (Å²) in [5.41, 5.74) is 2.65. The SMILES string of the molecule is COC(=O)C(=Cc1cc(OC)cc(OC)c1)c1ccc(Oc2ccc(CC3SC(=O)NC3=O)cc2)cc1. The Morgan fingerprint density at radius 2 is 1.46 bits per heavy atom. The highest BCUT2D eigenvalue weighted by molar-refractivity contribution is 8.15. The maximum absolute atomic E-state index is 12.6. The van der Waals surface area contributed by atoms with E-state index in [9.17, 15) is 14.4 Å². The first-order chi connectivity index (χ1) is 17.9. The van der Waals surface area contributed by atoms with E-state index in [-0.39, 0.29) is 11.1 Å². The summed E-state index contributed by atoms with van der Waals surface area (Å²) in [6.07, 6.45) is 2.17. The van der Waals surface area contributed by atoms with Gasteiger partial charge >= 0.3 is 5.97 Å². The molecule has 1 fully saturated rings. The molecule has 1 aliphatic heterocycles. The molecule has 190 valence electrons. The van der Waals surface area contributed by atoms with E-state index in [0.717, 1.165) is 22.9 Å². The van der Waals surface area contributed by atoms with Gasteiger partial charge in [0.05, 0.1) is 32.2 Å². The lowest BCUT2D eigenvalue weighted by Gasteiger charge is -2.11. The van der Waals surface area contributed by atoms with Crippen LogP contribution in [0.4, 0.5) is 4.79 Å². The van der Waals surface area contributed by atoms with Gasteiger partial charge in [0, 0.05) is 6.07 Å². The van der Waals surface area contributed by atoms with Crippen molar-refractivity contribution >= 4 is 40.5 Å². The molecule has 9 heteroatoms. The molecule has 0 bridgehead atoms. The quantitative estimate of drug-likeness (QED) is 0.237. The van der Waals surface area contributed by atoms with Crippen LogP contribution >= 0.6 is 11.8 Å². The summed E-state index contributed by atoms with van der Waals surface area (Å²) in [5.74, 6) is 1.65. The zero-order valence-electron chi connectivity index (χ0n) is 20.5. The standard InChI is InChI=1S/C28H25NO7S/c1-33-22-12-18(13-23(16-22)34-2)14-24(27(31)35-3)19-6-10-21(11-7-19)36-20-8-4-17(5-9-20)15-25-26(30)29-28(32)37-25/h4-14,16,25H,15H2,1-3H3,(H,29,30,32). The van der Waals surface area contributed by atoms with Gasteiger partial charge in [-0.05, 0) is 65.6 Å². The first-order valence-electron chi connectivity index (χ1n) is 11.3. The highest BCUT2D eigenvalue weighted by Gasteiger charge is 2.31. The van der Waals surface area contributed by atoms with E-state index in [0.29, 0.717) is 40.6 Å².